The number of nitrogens with one attached hydrogen (secondary N) is 1. The summed E-state index contributed by atoms with van der Waals surface area (Å²) in [6.07, 6.45) is 2.93. The van der Waals surface area contributed by atoms with Crippen molar-refractivity contribution in [3.63, 3.8) is 0 Å². The number of sulfonamides is 1. The van der Waals surface area contributed by atoms with Crippen molar-refractivity contribution in [2.75, 3.05) is 0 Å². The normalized spacial score (nSPS) is 11.4. The van der Waals surface area contributed by atoms with Gasteiger partial charge in [0.2, 0.25) is 10.0 Å². The Morgan fingerprint density at radius 3 is 2.40 bits per heavy atom. The van der Waals surface area contributed by atoms with Crippen LogP contribution in [-0.4, -0.2) is 19.5 Å². The first-order chi connectivity index (χ1) is 9.46. The fourth-order valence-electron chi connectivity index (χ4n) is 1.60. The summed E-state index contributed by atoms with van der Waals surface area (Å²) in [5.74, 6) is -1.25. The molecule has 0 fully saturated rings. The molecule has 2 rings (SSSR count). The highest BCUT2D eigenvalue weighted by Gasteiger charge is 2.12. The van der Waals surface area contributed by atoms with Gasteiger partial charge in [-0.15, -0.1) is 0 Å². The van der Waals surface area contributed by atoms with Crippen LogP contribution in [-0.2, 0) is 22.3 Å². The summed E-state index contributed by atoms with van der Waals surface area (Å²) in [4.78, 5) is 10.7. The van der Waals surface area contributed by atoms with Gasteiger partial charge < -0.3 is 9.52 Å². The lowest BCUT2D eigenvalue weighted by Crippen LogP contribution is -2.24. The van der Waals surface area contributed by atoms with Crippen molar-refractivity contribution >= 4 is 16.0 Å². The van der Waals surface area contributed by atoms with Crippen LogP contribution in [0.4, 0.5) is 0 Å². The van der Waals surface area contributed by atoms with Gasteiger partial charge in [0, 0.05) is 12.1 Å². The van der Waals surface area contributed by atoms with E-state index in [9.17, 15) is 13.2 Å². The van der Waals surface area contributed by atoms with Gasteiger partial charge in [0.15, 0.2) is 0 Å². The Morgan fingerprint density at radius 2 is 1.85 bits per heavy atom. The molecule has 106 valence electrons. The SMILES string of the molecule is O=C(O)c1ccc(CS(=O)(=O)NCc2ccoc2)cc1. The molecule has 0 bridgehead atoms. The lowest BCUT2D eigenvalue weighted by atomic mass is 10.1. The summed E-state index contributed by atoms with van der Waals surface area (Å²) in [5, 5.41) is 8.76. The van der Waals surface area contributed by atoms with Crippen molar-refractivity contribution in [2.24, 2.45) is 0 Å². The van der Waals surface area contributed by atoms with E-state index in [1.165, 1.54) is 36.8 Å². The van der Waals surface area contributed by atoms with Gasteiger partial charge in [0.1, 0.15) is 0 Å². The molecule has 20 heavy (non-hydrogen) atoms. The molecule has 2 aromatic rings. The second kappa shape index (κ2) is 5.89. The van der Waals surface area contributed by atoms with Crippen molar-refractivity contribution in [1.82, 2.24) is 4.72 Å². The number of hydrogen-bond acceptors (Lipinski definition) is 4. The third-order valence-corrected chi connectivity index (χ3v) is 3.93. The minimum atomic E-state index is -3.48. The molecule has 1 aromatic heterocycles. The zero-order valence-corrected chi connectivity index (χ0v) is 11.3. The van der Waals surface area contributed by atoms with E-state index >= 15 is 0 Å². The fraction of sp³-hybridized carbons (Fsp3) is 0.154. The molecule has 0 unspecified atom stereocenters. The molecule has 0 aliphatic rings. The molecule has 0 atom stereocenters. The predicted octanol–water partition coefficient (Wildman–Crippen LogP) is 1.60. The first-order valence-corrected chi connectivity index (χ1v) is 7.42. The largest absolute Gasteiger partial charge is 0.478 e. The second-order valence-electron chi connectivity index (χ2n) is 4.21. The van der Waals surface area contributed by atoms with Gasteiger partial charge in [-0.25, -0.2) is 17.9 Å². The first-order valence-electron chi connectivity index (χ1n) is 5.77. The molecule has 0 amide bonds. The van der Waals surface area contributed by atoms with Crippen molar-refractivity contribution in [3.8, 4) is 0 Å². The Hall–Kier alpha value is -2.12. The molecule has 1 aromatic carbocycles. The second-order valence-corrected chi connectivity index (χ2v) is 6.02. The highest BCUT2D eigenvalue weighted by Crippen LogP contribution is 2.09. The van der Waals surface area contributed by atoms with Gasteiger partial charge in [-0.05, 0) is 23.8 Å². The van der Waals surface area contributed by atoms with E-state index in [0.717, 1.165) is 5.56 Å². The Labute approximate surface area is 116 Å². The smallest absolute Gasteiger partial charge is 0.335 e. The zero-order chi connectivity index (χ0) is 14.6. The van der Waals surface area contributed by atoms with Gasteiger partial charge >= 0.3 is 5.97 Å². The predicted molar refractivity (Wildman–Crippen MR) is 71.6 cm³/mol. The molecular formula is C13H13NO5S. The molecule has 0 saturated carbocycles. The highest BCUT2D eigenvalue weighted by atomic mass is 32.2. The molecule has 2 N–H and O–H groups in total. The van der Waals surface area contributed by atoms with Gasteiger partial charge in [-0.2, -0.15) is 0 Å². The summed E-state index contributed by atoms with van der Waals surface area (Å²) >= 11 is 0. The van der Waals surface area contributed by atoms with Crippen LogP contribution in [0, 0.1) is 0 Å². The van der Waals surface area contributed by atoms with Crippen LogP contribution in [0.3, 0.4) is 0 Å². The topological polar surface area (TPSA) is 96.6 Å². The Morgan fingerprint density at radius 1 is 1.15 bits per heavy atom. The van der Waals surface area contributed by atoms with E-state index in [1.54, 1.807) is 6.07 Å². The van der Waals surface area contributed by atoms with E-state index in [2.05, 4.69) is 4.72 Å². The number of furan rings is 1. The van der Waals surface area contributed by atoms with Gasteiger partial charge in [-0.1, -0.05) is 12.1 Å². The van der Waals surface area contributed by atoms with Crippen LogP contribution < -0.4 is 4.72 Å². The first kappa shape index (κ1) is 14.3. The maximum Gasteiger partial charge on any atom is 0.335 e. The maximum absolute atomic E-state index is 11.9. The average molecular weight is 295 g/mol. The van der Waals surface area contributed by atoms with Crippen molar-refractivity contribution in [3.05, 3.63) is 59.5 Å². The Bertz CT molecular complexity index is 674. The number of benzene rings is 1. The number of carboxylic acid groups (broad SMARTS) is 1. The highest BCUT2D eigenvalue weighted by molar-refractivity contribution is 7.88. The molecule has 1 heterocycles. The Balaban J connectivity index is 1.98. The summed E-state index contributed by atoms with van der Waals surface area (Å²) in [6, 6.07) is 7.40. The van der Waals surface area contributed by atoms with Gasteiger partial charge in [-0.3, -0.25) is 0 Å². The molecule has 0 aliphatic carbocycles. The molecule has 0 radical (unpaired) electrons. The maximum atomic E-state index is 11.9. The third-order valence-electron chi connectivity index (χ3n) is 2.63. The number of carbonyl (C=O) groups is 1. The number of aromatic carboxylic acids is 1. The molecule has 0 saturated heterocycles. The van der Waals surface area contributed by atoms with Crippen LogP contribution in [0.2, 0.25) is 0 Å². The van der Waals surface area contributed by atoms with E-state index in [1.807, 2.05) is 0 Å². The van der Waals surface area contributed by atoms with E-state index in [4.69, 9.17) is 9.52 Å². The molecular weight excluding hydrogens is 282 g/mol. The number of rotatable bonds is 6. The van der Waals surface area contributed by atoms with E-state index in [0.29, 0.717) is 5.56 Å². The van der Waals surface area contributed by atoms with Crippen LogP contribution in [0.5, 0.6) is 0 Å². The molecule has 0 spiro atoms. The summed E-state index contributed by atoms with van der Waals surface area (Å²) in [7, 11) is -3.48. The van der Waals surface area contributed by atoms with Crippen LogP contribution >= 0.6 is 0 Å². The third kappa shape index (κ3) is 3.94. The lowest BCUT2D eigenvalue weighted by Gasteiger charge is -2.06. The summed E-state index contributed by atoms with van der Waals surface area (Å²) in [6.45, 7) is 0.159. The average Bonchev–Trinajstić information content (AvgIpc) is 2.90. The lowest BCUT2D eigenvalue weighted by molar-refractivity contribution is 0.0697. The van der Waals surface area contributed by atoms with Crippen molar-refractivity contribution < 1.29 is 22.7 Å². The number of hydrogen-bond donors (Lipinski definition) is 2. The standard InChI is InChI=1S/C13H13NO5S/c15-13(16)12-3-1-10(2-4-12)9-20(17,18)14-7-11-5-6-19-8-11/h1-6,8,14H,7,9H2,(H,15,16). The fourth-order valence-corrected chi connectivity index (χ4v) is 2.72. The van der Waals surface area contributed by atoms with Crippen molar-refractivity contribution in [2.45, 2.75) is 12.3 Å². The van der Waals surface area contributed by atoms with E-state index in [-0.39, 0.29) is 17.9 Å². The minimum absolute atomic E-state index is 0.123. The number of carboxylic acids is 1. The van der Waals surface area contributed by atoms with Gasteiger partial charge in [0.25, 0.3) is 0 Å². The van der Waals surface area contributed by atoms with Crippen LogP contribution in [0.15, 0.2) is 47.3 Å². The monoisotopic (exact) mass is 295 g/mol. The summed E-state index contributed by atoms with van der Waals surface area (Å²) in [5.41, 5.74) is 1.38. The van der Waals surface area contributed by atoms with Gasteiger partial charge in [0.05, 0.1) is 23.8 Å². The molecule has 6 nitrogen and oxygen atoms in total. The zero-order valence-electron chi connectivity index (χ0n) is 10.4. The molecule has 7 heteroatoms. The Kier molecular flexibility index (Phi) is 4.21. The molecule has 0 aliphatic heterocycles. The minimum Gasteiger partial charge on any atom is -0.478 e. The van der Waals surface area contributed by atoms with E-state index < -0.39 is 16.0 Å². The van der Waals surface area contributed by atoms with Crippen LogP contribution in [0.25, 0.3) is 0 Å². The summed E-state index contributed by atoms with van der Waals surface area (Å²) < 4.78 is 31.0. The van der Waals surface area contributed by atoms with Crippen molar-refractivity contribution in [1.29, 1.82) is 0 Å². The quantitative estimate of drug-likeness (QED) is 0.843. The van der Waals surface area contributed by atoms with Crippen LogP contribution in [0.1, 0.15) is 21.5 Å².